The van der Waals surface area contributed by atoms with Crippen LogP contribution in [-0.2, 0) is 0 Å². The quantitative estimate of drug-likeness (QED) is 0.554. The summed E-state index contributed by atoms with van der Waals surface area (Å²) in [6.07, 6.45) is 0.353. The molecule has 1 heterocycles. The topological polar surface area (TPSA) is 63.9 Å². The van der Waals surface area contributed by atoms with Crippen LogP contribution in [0.2, 0.25) is 0 Å². The lowest BCUT2D eigenvalue weighted by molar-refractivity contribution is -0.0886. The number of hydrogen-bond donors (Lipinski definition) is 3. The Labute approximate surface area is 78.8 Å². The van der Waals surface area contributed by atoms with Crippen LogP contribution in [0.3, 0.4) is 0 Å². The molecule has 3 N–H and O–H groups in total. The molecular weight excluding hydrogens is 170 g/mol. The fourth-order valence-electron chi connectivity index (χ4n) is 1.71. The van der Waals surface area contributed by atoms with Crippen LogP contribution in [0, 0.1) is 5.92 Å². The maximum Gasteiger partial charge on any atom is 0.133 e. The van der Waals surface area contributed by atoms with E-state index in [1.165, 1.54) is 0 Å². The summed E-state index contributed by atoms with van der Waals surface area (Å²) in [7, 11) is 0. The van der Waals surface area contributed by atoms with Gasteiger partial charge in [-0.1, -0.05) is 0 Å². The van der Waals surface area contributed by atoms with E-state index in [9.17, 15) is 5.11 Å². The lowest BCUT2D eigenvalue weighted by Crippen LogP contribution is -2.46. The van der Waals surface area contributed by atoms with Crippen LogP contribution in [0.15, 0.2) is 0 Å². The molecule has 0 aromatic rings. The Morgan fingerprint density at radius 2 is 1.85 bits per heavy atom. The molecule has 1 fully saturated rings. The molecule has 1 rings (SSSR count). The van der Waals surface area contributed by atoms with Gasteiger partial charge < -0.3 is 15.3 Å². The normalized spacial score (nSPS) is 25.8. The number of nitrogens with zero attached hydrogens (tertiary/aromatic N) is 1. The van der Waals surface area contributed by atoms with Gasteiger partial charge in [0, 0.05) is 19.7 Å². The van der Waals surface area contributed by atoms with Gasteiger partial charge >= 0.3 is 0 Å². The summed E-state index contributed by atoms with van der Waals surface area (Å²) in [5.74, 6) is 0.373. The smallest absolute Gasteiger partial charge is 0.133 e. The van der Waals surface area contributed by atoms with Gasteiger partial charge in [-0.2, -0.15) is 0 Å². The van der Waals surface area contributed by atoms with E-state index in [1.807, 2.05) is 4.90 Å². The Balaban J connectivity index is 2.32. The second-order valence-electron chi connectivity index (χ2n) is 3.82. The number of aliphatic hydroxyl groups excluding tert-OH is 3. The monoisotopic (exact) mass is 189 g/mol. The van der Waals surface area contributed by atoms with Crippen molar-refractivity contribution in [2.45, 2.75) is 32.1 Å². The molecule has 1 aliphatic heterocycles. The lowest BCUT2D eigenvalue weighted by Gasteiger charge is -2.35. The number of likely N-dealkylation sites (tertiary alicyclic amines) is 1. The highest BCUT2D eigenvalue weighted by Crippen LogP contribution is 2.18. The first-order valence-electron chi connectivity index (χ1n) is 4.86. The molecule has 1 saturated heterocycles. The molecule has 78 valence electrons. The molecule has 0 aromatic heterocycles. The largest absolute Gasteiger partial charge is 0.396 e. The molecule has 4 heteroatoms. The molecule has 0 saturated carbocycles. The Kier molecular flexibility index (Phi) is 4.12. The van der Waals surface area contributed by atoms with Crippen molar-refractivity contribution in [1.82, 2.24) is 4.90 Å². The summed E-state index contributed by atoms with van der Waals surface area (Å²) in [5.41, 5.74) is 0. The summed E-state index contributed by atoms with van der Waals surface area (Å²) < 4.78 is 0. The molecule has 0 spiro atoms. The minimum atomic E-state index is -0.750. The Morgan fingerprint density at radius 1 is 1.31 bits per heavy atom. The van der Waals surface area contributed by atoms with Crippen LogP contribution in [0.5, 0.6) is 0 Å². The zero-order valence-corrected chi connectivity index (χ0v) is 8.06. The predicted molar refractivity (Wildman–Crippen MR) is 49.1 cm³/mol. The van der Waals surface area contributed by atoms with E-state index in [-0.39, 0.29) is 6.61 Å². The van der Waals surface area contributed by atoms with E-state index in [0.29, 0.717) is 5.92 Å². The summed E-state index contributed by atoms with van der Waals surface area (Å²) >= 11 is 0. The Morgan fingerprint density at radius 3 is 2.23 bits per heavy atom. The summed E-state index contributed by atoms with van der Waals surface area (Å²) in [6.45, 7) is 3.34. The zero-order chi connectivity index (χ0) is 9.84. The molecule has 0 radical (unpaired) electrons. The summed E-state index contributed by atoms with van der Waals surface area (Å²) in [4.78, 5) is 1.86. The van der Waals surface area contributed by atoms with Crippen LogP contribution >= 0.6 is 0 Å². The van der Waals surface area contributed by atoms with E-state index >= 15 is 0 Å². The standard InChI is InChI=1S/C9H19NO3/c1-7(12)9(13)10-4-2-8(6-11)3-5-10/h7-9,11-13H,2-6H2,1H3/t7-,9?/m1/s1. The van der Waals surface area contributed by atoms with Crippen LogP contribution < -0.4 is 0 Å². The minimum absolute atomic E-state index is 0.235. The number of hydrogen-bond acceptors (Lipinski definition) is 4. The molecule has 0 aromatic carbocycles. The Bertz CT molecular complexity index is 144. The van der Waals surface area contributed by atoms with E-state index in [1.54, 1.807) is 6.92 Å². The third kappa shape index (κ3) is 2.91. The van der Waals surface area contributed by atoms with Crippen molar-refractivity contribution < 1.29 is 15.3 Å². The maximum atomic E-state index is 9.52. The van der Waals surface area contributed by atoms with Gasteiger partial charge in [-0.05, 0) is 25.7 Å². The third-order valence-electron chi connectivity index (χ3n) is 2.71. The lowest BCUT2D eigenvalue weighted by atomic mass is 9.97. The van der Waals surface area contributed by atoms with Crippen LogP contribution in [-0.4, -0.2) is 52.2 Å². The van der Waals surface area contributed by atoms with E-state index in [0.717, 1.165) is 25.9 Å². The van der Waals surface area contributed by atoms with Crippen molar-refractivity contribution in [3.63, 3.8) is 0 Å². The van der Waals surface area contributed by atoms with Crippen molar-refractivity contribution in [2.24, 2.45) is 5.92 Å². The first-order valence-corrected chi connectivity index (χ1v) is 4.86. The van der Waals surface area contributed by atoms with Gasteiger partial charge in [-0.15, -0.1) is 0 Å². The van der Waals surface area contributed by atoms with Crippen molar-refractivity contribution in [2.75, 3.05) is 19.7 Å². The Hall–Kier alpha value is -0.160. The van der Waals surface area contributed by atoms with Crippen LogP contribution in [0.1, 0.15) is 19.8 Å². The van der Waals surface area contributed by atoms with Crippen molar-refractivity contribution >= 4 is 0 Å². The average molecular weight is 189 g/mol. The van der Waals surface area contributed by atoms with Gasteiger partial charge in [0.05, 0.1) is 6.10 Å². The van der Waals surface area contributed by atoms with E-state index in [2.05, 4.69) is 0 Å². The van der Waals surface area contributed by atoms with Gasteiger partial charge in [0.15, 0.2) is 0 Å². The first-order chi connectivity index (χ1) is 6.15. The molecular formula is C9H19NO3. The second kappa shape index (κ2) is 4.91. The molecule has 1 aliphatic rings. The van der Waals surface area contributed by atoms with Gasteiger partial charge in [-0.25, -0.2) is 0 Å². The highest BCUT2D eigenvalue weighted by atomic mass is 16.3. The molecule has 4 nitrogen and oxygen atoms in total. The first kappa shape index (κ1) is 10.9. The fourth-order valence-corrected chi connectivity index (χ4v) is 1.71. The fraction of sp³-hybridized carbons (Fsp3) is 1.00. The van der Waals surface area contributed by atoms with Crippen LogP contribution in [0.4, 0.5) is 0 Å². The average Bonchev–Trinajstić information content (AvgIpc) is 2.17. The molecule has 0 aliphatic carbocycles. The molecule has 0 amide bonds. The molecule has 2 atom stereocenters. The van der Waals surface area contributed by atoms with Crippen molar-refractivity contribution in [3.8, 4) is 0 Å². The molecule has 1 unspecified atom stereocenters. The van der Waals surface area contributed by atoms with Gasteiger partial charge in [-0.3, -0.25) is 4.90 Å². The number of rotatable bonds is 3. The minimum Gasteiger partial charge on any atom is -0.396 e. The summed E-state index contributed by atoms with van der Waals surface area (Å²) in [5, 5.41) is 27.6. The van der Waals surface area contributed by atoms with E-state index in [4.69, 9.17) is 10.2 Å². The van der Waals surface area contributed by atoms with E-state index < -0.39 is 12.3 Å². The highest BCUT2D eigenvalue weighted by Gasteiger charge is 2.25. The second-order valence-corrected chi connectivity index (χ2v) is 3.82. The SMILES string of the molecule is C[C@@H](O)C(O)N1CCC(CO)CC1. The number of aliphatic hydroxyl groups is 3. The van der Waals surface area contributed by atoms with Gasteiger partial charge in [0.1, 0.15) is 6.23 Å². The molecule has 13 heavy (non-hydrogen) atoms. The zero-order valence-electron chi connectivity index (χ0n) is 8.06. The van der Waals surface area contributed by atoms with Crippen molar-refractivity contribution in [3.05, 3.63) is 0 Å². The van der Waals surface area contributed by atoms with Crippen LogP contribution in [0.25, 0.3) is 0 Å². The predicted octanol–water partition coefficient (Wildman–Crippen LogP) is -0.610. The third-order valence-corrected chi connectivity index (χ3v) is 2.71. The number of piperidine rings is 1. The van der Waals surface area contributed by atoms with Gasteiger partial charge in [0.25, 0.3) is 0 Å². The highest BCUT2D eigenvalue weighted by molar-refractivity contribution is 4.75. The van der Waals surface area contributed by atoms with Gasteiger partial charge in [0.2, 0.25) is 0 Å². The van der Waals surface area contributed by atoms with Crippen molar-refractivity contribution in [1.29, 1.82) is 0 Å². The maximum absolute atomic E-state index is 9.52. The molecule has 0 bridgehead atoms. The summed E-state index contributed by atoms with van der Waals surface area (Å²) in [6, 6.07) is 0.